The number of thioether (sulfide) groups is 1. The third-order valence-electron chi connectivity index (χ3n) is 4.20. The first-order valence-corrected chi connectivity index (χ1v) is 9.67. The molecule has 2 heterocycles. The monoisotopic (exact) mass is 393 g/mol. The third kappa shape index (κ3) is 3.61. The second-order valence-corrected chi connectivity index (χ2v) is 6.87. The van der Waals surface area contributed by atoms with Crippen LogP contribution in [-0.4, -0.2) is 29.0 Å². The van der Waals surface area contributed by atoms with Crippen LogP contribution in [-0.2, 0) is 5.75 Å². The van der Waals surface area contributed by atoms with Crippen LogP contribution in [0.1, 0.15) is 5.56 Å². The fraction of sp³-hybridized carbons (Fsp3) is 0.143. The summed E-state index contributed by atoms with van der Waals surface area (Å²) in [5, 5.41) is 9.53. The lowest BCUT2D eigenvalue weighted by atomic mass is 10.2. The van der Waals surface area contributed by atoms with E-state index in [2.05, 4.69) is 16.3 Å². The van der Waals surface area contributed by atoms with Crippen LogP contribution in [0.4, 0.5) is 0 Å². The van der Waals surface area contributed by atoms with Gasteiger partial charge in [0.25, 0.3) is 0 Å². The van der Waals surface area contributed by atoms with Gasteiger partial charge in [-0.3, -0.25) is 4.57 Å². The van der Waals surface area contributed by atoms with Crippen molar-refractivity contribution in [2.45, 2.75) is 10.9 Å². The lowest BCUT2D eigenvalue weighted by molar-refractivity contribution is 0.412. The molecule has 0 bridgehead atoms. The van der Waals surface area contributed by atoms with Gasteiger partial charge in [-0.2, -0.15) is 0 Å². The zero-order valence-corrected chi connectivity index (χ0v) is 16.3. The van der Waals surface area contributed by atoms with Crippen molar-refractivity contribution in [3.05, 3.63) is 72.5 Å². The Balaban J connectivity index is 1.73. The molecular weight excluding hydrogens is 374 g/mol. The zero-order valence-electron chi connectivity index (χ0n) is 15.5. The number of furan rings is 1. The molecule has 0 aliphatic heterocycles. The molecule has 2 aromatic carbocycles. The predicted octanol–water partition coefficient (Wildman–Crippen LogP) is 4.84. The van der Waals surface area contributed by atoms with E-state index in [1.165, 1.54) is 0 Å². The summed E-state index contributed by atoms with van der Waals surface area (Å²) in [7, 11) is 3.32. The lowest BCUT2D eigenvalue weighted by Crippen LogP contribution is -2.02. The first-order valence-electron chi connectivity index (χ1n) is 8.68. The van der Waals surface area contributed by atoms with E-state index in [0.29, 0.717) is 11.6 Å². The van der Waals surface area contributed by atoms with E-state index < -0.39 is 0 Å². The molecule has 28 heavy (non-hydrogen) atoms. The molecule has 0 aliphatic rings. The normalized spacial score (nSPS) is 10.8. The molecule has 0 radical (unpaired) electrons. The van der Waals surface area contributed by atoms with E-state index in [4.69, 9.17) is 13.9 Å². The molecule has 4 aromatic rings. The number of aromatic nitrogens is 3. The Kier molecular flexibility index (Phi) is 5.34. The number of rotatable bonds is 7. The van der Waals surface area contributed by atoms with Crippen LogP contribution in [0.15, 0.2) is 76.5 Å². The smallest absolute Gasteiger partial charge is 0.205 e. The van der Waals surface area contributed by atoms with E-state index in [0.717, 1.165) is 33.7 Å². The fourth-order valence-electron chi connectivity index (χ4n) is 2.87. The van der Waals surface area contributed by atoms with Gasteiger partial charge >= 0.3 is 0 Å². The van der Waals surface area contributed by atoms with Crippen LogP contribution < -0.4 is 9.47 Å². The van der Waals surface area contributed by atoms with Gasteiger partial charge in [-0.15, -0.1) is 10.2 Å². The average molecular weight is 393 g/mol. The Morgan fingerprint density at radius 3 is 2.64 bits per heavy atom. The Morgan fingerprint density at radius 1 is 0.964 bits per heavy atom. The maximum atomic E-state index is 5.57. The number of methoxy groups -OCH3 is 2. The number of hydrogen-bond donors (Lipinski definition) is 0. The fourth-order valence-corrected chi connectivity index (χ4v) is 3.76. The summed E-state index contributed by atoms with van der Waals surface area (Å²) < 4.78 is 18.4. The Bertz CT molecular complexity index is 1060. The minimum atomic E-state index is 0.627. The van der Waals surface area contributed by atoms with Gasteiger partial charge in [0.1, 0.15) is 11.5 Å². The van der Waals surface area contributed by atoms with Crippen LogP contribution in [0.25, 0.3) is 17.3 Å². The standard InChI is InChI=1S/C21H19N3O3S/c1-25-16-8-5-7-15(13-16)14-28-21-23-22-20(19-11-6-12-27-19)24(21)17-9-3-4-10-18(17)26-2/h3-13H,14H2,1-2H3. The van der Waals surface area contributed by atoms with Crippen LogP contribution in [0.2, 0.25) is 0 Å². The van der Waals surface area contributed by atoms with Crippen LogP contribution >= 0.6 is 11.8 Å². The number of nitrogens with zero attached hydrogens (tertiary/aromatic N) is 3. The average Bonchev–Trinajstić information content (AvgIpc) is 3.42. The summed E-state index contributed by atoms with van der Waals surface area (Å²) in [6.07, 6.45) is 1.62. The van der Waals surface area contributed by atoms with E-state index in [-0.39, 0.29) is 0 Å². The van der Waals surface area contributed by atoms with E-state index in [9.17, 15) is 0 Å². The van der Waals surface area contributed by atoms with Crippen LogP contribution in [0.3, 0.4) is 0 Å². The van der Waals surface area contributed by atoms with Gasteiger partial charge in [0.15, 0.2) is 10.9 Å². The van der Waals surface area contributed by atoms with Crippen molar-refractivity contribution < 1.29 is 13.9 Å². The summed E-state index contributed by atoms with van der Waals surface area (Å²) in [6.45, 7) is 0. The van der Waals surface area contributed by atoms with Crippen molar-refractivity contribution in [3.63, 3.8) is 0 Å². The SMILES string of the molecule is COc1cccc(CSc2nnc(-c3ccco3)n2-c2ccccc2OC)c1. The van der Waals surface area contributed by atoms with E-state index in [1.54, 1.807) is 32.2 Å². The van der Waals surface area contributed by atoms with Crippen molar-refractivity contribution in [3.8, 4) is 28.8 Å². The second-order valence-electron chi connectivity index (χ2n) is 5.93. The van der Waals surface area contributed by atoms with Crippen LogP contribution in [0, 0.1) is 0 Å². The molecule has 2 aromatic heterocycles. The molecule has 142 valence electrons. The quantitative estimate of drug-likeness (QED) is 0.419. The summed E-state index contributed by atoms with van der Waals surface area (Å²) >= 11 is 1.59. The predicted molar refractivity (Wildman–Crippen MR) is 108 cm³/mol. The van der Waals surface area contributed by atoms with Gasteiger partial charge in [-0.1, -0.05) is 36.0 Å². The van der Waals surface area contributed by atoms with Crippen molar-refractivity contribution in [2.75, 3.05) is 14.2 Å². The molecule has 6 nitrogen and oxygen atoms in total. The molecule has 0 unspecified atom stereocenters. The summed E-state index contributed by atoms with van der Waals surface area (Å²) in [6, 6.07) is 19.5. The first kappa shape index (κ1) is 18.2. The van der Waals surface area contributed by atoms with Gasteiger partial charge in [-0.25, -0.2) is 0 Å². The molecule has 0 fully saturated rings. The highest BCUT2D eigenvalue weighted by molar-refractivity contribution is 7.98. The van der Waals surface area contributed by atoms with Crippen molar-refractivity contribution in [1.29, 1.82) is 0 Å². The maximum Gasteiger partial charge on any atom is 0.205 e. The van der Waals surface area contributed by atoms with Gasteiger partial charge in [-0.05, 0) is 42.0 Å². The van der Waals surface area contributed by atoms with Gasteiger partial charge < -0.3 is 13.9 Å². The Labute approximate surface area is 167 Å². The molecule has 4 rings (SSSR count). The van der Waals surface area contributed by atoms with Crippen molar-refractivity contribution in [2.24, 2.45) is 0 Å². The Morgan fingerprint density at radius 2 is 1.86 bits per heavy atom. The van der Waals surface area contributed by atoms with Gasteiger partial charge in [0, 0.05) is 5.75 Å². The Hall–Kier alpha value is -3.19. The number of hydrogen-bond acceptors (Lipinski definition) is 6. The van der Waals surface area contributed by atoms with Crippen molar-refractivity contribution in [1.82, 2.24) is 14.8 Å². The first-order chi connectivity index (χ1) is 13.8. The summed E-state index contributed by atoms with van der Waals surface area (Å²) in [5.41, 5.74) is 1.99. The molecule has 0 atom stereocenters. The molecule has 0 spiro atoms. The lowest BCUT2D eigenvalue weighted by Gasteiger charge is -2.13. The minimum absolute atomic E-state index is 0.627. The summed E-state index contributed by atoms with van der Waals surface area (Å²) in [4.78, 5) is 0. The molecule has 0 aliphatic carbocycles. The second kappa shape index (κ2) is 8.22. The van der Waals surface area contributed by atoms with Crippen LogP contribution in [0.5, 0.6) is 11.5 Å². The molecule has 0 saturated carbocycles. The molecule has 0 saturated heterocycles. The highest BCUT2D eigenvalue weighted by Crippen LogP contribution is 2.33. The molecule has 7 heteroatoms. The molecular formula is C21H19N3O3S. The number of ether oxygens (including phenoxy) is 2. The highest BCUT2D eigenvalue weighted by atomic mass is 32.2. The van der Waals surface area contributed by atoms with E-state index in [1.807, 2.05) is 59.2 Å². The minimum Gasteiger partial charge on any atom is -0.497 e. The van der Waals surface area contributed by atoms with Gasteiger partial charge in [0.2, 0.25) is 5.82 Å². The molecule has 0 N–H and O–H groups in total. The molecule has 0 amide bonds. The topological polar surface area (TPSA) is 62.3 Å². The highest BCUT2D eigenvalue weighted by Gasteiger charge is 2.20. The van der Waals surface area contributed by atoms with Crippen molar-refractivity contribution >= 4 is 11.8 Å². The number of para-hydroxylation sites is 2. The van der Waals surface area contributed by atoms with E-state index >= 15 is 0 Å². The zero-order chi connectivity index (χ0) is 19.3. The third-order valence-corrected chi connectivity index (χ3v) is 5.20. The number of benzene rings is 2. The summed E-state index contributed by atoms with van der Waals surface area (Å²) in [5.74, 6) is 3.57. The van der Waals surface area contributed by atoms with Gasteiger partial charge in [0.05, 0.1) is 26.2 Å². The maximum absolute atomic E-state index is 5.57. The largest absolute Gasteiger partial charge is 0.497 e.